The molecule has 0 radical (unpaired) electrons. The molecule has 0 saturated heterocycles. The van der Waals surface area contributed by atoms with Crippen molar-refractivity contribution in [2.75, 3.05) is 0 Å². The number of H-pyrrole nitrogens is 1. The molecule has 114 valence electrons. The summed E-state index contributed by atoms with van der Waals surface area (Å²) in [6.45, 7) is 1.98. The molecule has 0 fully saturated rings. The molecule has 0 amide bonds. The normalized spacial score (nSPS) is 10.5. The van der Waals surface area contributed by atoms with E-state index < -0.39 is 5.56 Å². The fraction of sp³-hybridized carbons (Fsp3) is 0.0588. The topological polar surface area (TPSA) is 56.6 Å². The summed E-state index contributed by atoms with van der Waals surface area (Å²) in [5, 5.41) is 10.2. The number of pyridine rings is 1. The van der Waals surface area contributed by atoms with Crippen LogP contribution in [0.1, 0.15) is 10.4 Å². The number of nitrogens with one attached hydrogen (secondary N) is 1. The number of hydrogen-bond acceptors (Lipinski definition) is 3. The van der Waals surface area contributed by atoms with Gasteiger partial charge in [-0.2, -0.15) is 5.26 Å². The van der Waals surface area contributed by atoms with E-state index in [1.165, 1.54) is 11.3 Å². The largest absolute Gasteiger partial charge is 0.321 e. The molecule has 6 heteroatoms. The highest BCUT2D eigenvalue weighted by atomic mass is 35.5. The van der Waals surface area contributed by atoms with Gasteiger partial charge in [-0.25, -0.2) is 0 Å². The van der Waals surface area contributed by atoms with Crippen LogP contribution in [-0.2, 0) is 0 Å². The molecule has 23 heavy (non-hydrogen) atoms. The molecule has 1 aromatic carbocycles. The summed E-state index contributed by atoms with van der Waals surface area (Å²) < 4.78 is 0. The second-order valence-corrected chi connectivity index (χ2v) is 7.05. The molecule has 0 aliphatic heterocycles. The maximum atomic E-state index is 12.3. The molecular weight excluding hydrogens is 351 g/mol. The van der Waals surface area contributed by atoms with Crippen molar-refractivity contribution in [3.8, 4) is 27.8 Å². The first-order chi connectivity index (χ1) is 11.0. The Morgan fingerprint density at radius 1 is 1.13 bits per heavy atom. The van der Waals surface area contributed by atoms with Crippen LogP contribution in [0.4, 0.5) is 0 Å². The van der Waals surface area contributed by atoms with E-state index in [2.05, 4.69) is 4.98 Å². The number of benzene rings is 1. The number of aromatic amines is 1. The molecule has 2 aromatic heterocycles. The lowest BCUT2D eigenvalue weighted by molar-refractivity contribution is 1.22. The molecule has 0 aliphatic carbocycles. The van der Waals surface area contributed by atoms with Crippen LogP contribution in [0.2, 0.25) is 10.0 Å². The lowest BCUT2D eigenvalue weighted by Crippen LogP contribution is -2.12. The Hall–Kier alpha value is -2.06. The van der Waals surface area contributed by atoms with Crippen molar-refractivity contribution in [3.05, 3.63) is 67.2 Å². The number of aromatic nitrogens is 1. The van der Waals surface area contributed by atoms with E-state index in [0.29, 0.717) is 21.3 Å². The van der Waals surface area contributed by atoms with Crippen molar-refractivity contribution in [2.45, 2.75) is 6.92 Å². The van der Waals surface area contributed by atoms with Gasteiger partial charge in [0.15, 0.2) is 0 Å². The van der Waals surface area contributed by atoms with E-state index in [4.69, 9.17) is 23.2 Å². The fourth-order valence-corrected chi connectivity index (χ4v) is 3.45. The Morgan fingerprint density at radius 3 is 2.52 bits per heavy atom. The Kier molecular flexibility index (Phi) is 4.27. The van der Waals surface area contributed by atoms with Crippen LogP contribution in [0.3, 0.4) is 0 Å². The zero-order valence-electron chi connectivity index (χ0n) is 12.0. The lowest BCUT2D eigenvalue weighted by atomic mass is 10.0. The van der Waals surface area contributed by atoms with Crippen molar-refractivity contribution < 1.29 is 0 Å². The summed E-state index contributed by atoms with van der Waals surface area (Å²) in [5.41, 5.74) is 1.63. The maximum Gasteiger partial charge on any atom is 0.267 e. The minimum atomic E-state index is -0.419. The van der Waals surface area contributed by atoms with Crippen LogP contribution >= 0.6 is 34.5 Å². The highest BCUT2D eigenvalue weighted by Gasteiger charge is 2.14. The van der Waals surface area contributed by atoms with Crippen LogP contribution in [-0.4, -0.2) is 4.98 Å². The second-order valence-electron chi connectivity index (χ2n) is 4.95. The van der Waals surface area contributed by atoms with Crippen LogP contribution < -0.4 is 5.56 Å². The standard InChI is InChI=1S/C17H10Cl2N2OS/c1-9-2-5-16(23-9)11-7-15(21-17(22)12(11)8-20)10-3-4-13(18)14(19)6-10/h2-7H,1H3,(H,21,22). The third-order valence-electron chi connectivity index (χ3n) is 3.38. The van der Waals surface area contributed by atoms with Crippen molar-refractivity contribution >= 4 is 34.5 Å². The van der Waals surface area contributed by atoms with E-state index in [1.54, 1.807) is 24.3 Å². The predicted molar refractivity (Wildman–Crippen MR) is 95.3 cm³/mol. The highest BCUT2D eigenvalue weighted by molar-refractivity contribution is 7.15. The Labute approximate surface area is 146 Å². The maximum absolute atomic E-state index is 12.3. The van der Waals surface area contributed by atoms with Gasteiger partial charge in [0, 0.05) is 21.0 Å². The van der Waals surface area contributed by atoms with Gasteiger partial charge in [0.2, 0.25) is 0 Å². The molecule has 0 saturated carbocycles. The molecule has 3 nitrogen and oxygen atoms in total. The summed E-state index contributed by atoms with van der Waals surface area (Å²) in [5.74, 6) is 0. The first-order valence-electron chi connectivity index (χ1n) is 6.69. The monoisotopic (exact) mass is 360 g/mol. The van der Waals surface area contributed by atoms with Gasteiger partial charge in [-0.15, -0.1) is 11.3 Å². The Balaban J connectivity index is 2.24. The number of halogens is 2. The zero-order chi connectivity index (χ0) is 16.6. The predicted octanol–water partition coefficient (Wildman–Crippen LogP) is 5.26. The van der Waals surface area contributed by atoms with Gasteiger partial charge in [0.1, 0.15) is 11.6 Å². The van der Waals surface area contributed by atoms with Gasteiger partial charge in [0.25, 0.3) is 5.56 Å². The molecule has 0 atom stereocenters. The molecule has 0 spiro atoms. The summed E-state index contributed by atoms with van der Waals surface area (Å²) in [4.78, 5) is 17.0. The van der Waals surface area contributed by atoms with E-state index in [1.807, 2.05) is 25.1 Å². The Bertz CT molecular complexity index is 999. The van der Waals surface area contributed by atoms with E-state index in [-0.39, 0.29) is 5.56 Å². The number of nitrogens with zero attached hydrogens (tertiary/aromatic N) is 1. The molecule has 0 bridgehead atoms. The third kappa shape index (κ3) is 3.04. The van der Waals surface area contributed by atoms with E-state index in [0.717, 1.165) is 15.3 Å². The Morgan fingerprint density at radius 2 is 1.91 bits per heavy atom. The summed E-state index contributed by atoms with van der Waals surface area (Å²) in [6, 6.07) is 12.8. The molecule has 0 aliphatic rings. The van der Waals surface area contributed by atoms with Crippen LogP contribution in [0, 0.1) is 18.3 Å². The number of nitriles is 1. The quantitative estimate of drug-likeness (QED) is 0.677. The SMILES string of the molecule is Cc1ccc(-c2cc(-c3ccc(Cl)c(Cl)c3)[nH]c(=O)c2C#N)s1. The minimum Gasteiger partial charge on any atom is -0.321 e. The highest BCUT2D eigenvalue weighted by Crippen LogP contribution is 2.33. The van der Waals surface area contributed by atoms with Crippen LogP contribution in [0.25, 0.3) is 21.7 Å². The van der Waals surface area contributed by atoms with Gasteiger partial charge in [-0.1, -0.05) is 29.3 Å². The van der Waals surface area contributed by atoms with Gasteiger partial charge in [-0.05, 0) is 42.8 Å². The average Bonchev–Trinajstić information content (AvgIpc) is 2.95. The summed E-state index contributed by atoms with van der Waals surface area (Å²) in [6.07, 6.45) is 0. The smallest absolute Gasteiger partial charge is 0.267 e. The molecule has 3 rings (SSSR count). The van der Waals surface area contributed by atoms with Crippen molar-refractivity contribution in [3.63, 3.8) is 0 Å². The number of hydrogen-bond donors (Lipinski definition) is 1. The zero-order valence-corrected chi connectivity index (χ0v) is 14.3. The summed E-state index contributed by atoms with van der Waals surface area (Å²) in [7, 11) is 0. The number of aryl methyl sites for hydroxylation is 1. The number of rotatable bonds is 2. The molecule has 3 aromatic rings. The van der Waals surface area contributed by atoms with E-state index >= 15 is 0 Å². The second kappa shape index (κ2) is 6.21. The van der Waals surface area contributed by atoms with Gasteiger partial charge < -0.3 is 4.98 Å². The van der Waals surface area contributed by atoms with Gasteiger partial charge in [-0.3, -0.25) is 4.79 Å². The molecule has 0 unspecified atom stereocenters. The summed E-state index contributed by atoms with van der Waals surface area (Å²) >= 11 is 13.5. The first kappa shape index (κ1) is 15.8. The van der Waals surface area contributed by atoms with Crippen LogP contribution in [0.15, 0.2) is 41.2 Å². The molecule has 1 N–H and O–H groups in total. The molecular formula is C17H10Cl2N2OS. The van der Waals surface area contributed by atoms with Gasteiger partial charge in [0.05, 0.1) is 10.0 Å². The van der Waals surface area contributed by atoms with Crippen molar-refractivity contribution in [1.29, 1.82) is 5.26 Å². The van der Waals surface area contributed by atoms with Gasteiger partial charge >= 0.3 is 0 Å². The van der Waals surface area contributed by atoms with Crippen LogP contribution in [0.5, 0.6) is 0 Å². The average molecular weight is 361 g/mol. The first-order valence-corrected chi connectivity index (χ1v) is 8.26. The third-order valence-corrected chi connectivity index (χ3v) is 5.15. The van der Waals surface area contributed by atoms with Crippen molar-refractivity contribution in [2.24, 2.45) is 0 Å². The molecule has 2 heterocycles. The number of thiophene rings is 1. The fourth-order valence-electron chi connectivity index (χ4n) is 2.26. The lowest BCUT2D eigenvalue weighted by Gasteiger charge is -2.07. The minimum absolute atomic E-state index is 0.107. The van der Waals surface area contributed by atoms with E-state index in [9.17, 15) is 10.1 Å². The van der Waals surface area contributed by atoms with Crippen molar-refractivity contribution in [1.82, 2.24) is 4.98 Å².